The van der Waals surface area contributed by atoms with Crippen LogP contribution in [-0.4, -0.2) is 24.2 Å². The summed E-state index contributed by atoms with van der Waals surface area (Å²) in [6.07, 6.45) is 1.49. The lowest BCUT2D eigenvalue weighted by Crippen LogP contribution is -2.00. The lowest BCUT2D eigenvalue weighted by molar-refractivity contribution is 0.404. The molecule has 1 aromatic heterocycles. The van der Waals surface area contributed by atoms with E-state index in [0.717, 1.165) is 17.0 Å². The first-order valence-electron chi connectivity index (χ1n) is 5.47. The first kappa shape index (κ1) is 12.2. The first-order valence-corrected chi connectivity index (χ1v) is 5.47. The number of nitrogens with zero attached hydrogens (tertiary/aromatic N) is 2. The molecule has 0 unspecified atom stereocenters. The average Bonchev–Trinajstić information content (AvgIpc) is 2.41. The molecule has 0 bridgehead atoms. The van der Waals surface area contributed by atoms with E-state index in [1.807, 2.05) is 25.1 Å². The topological polar surface area (TPSA) is 70.3 Å². The largest absolute Gasteiger partial charge is 0.497 e. The van der Waals surface area contributed by atoms with Crippen molar-refractivity contribution in [2.75, 3.05) is 20.0 Å². The molecule has 0 atom stereocenters. The number of aromatic nitrogens is 2. The third kappa shape index (κ3) is 2.07. The van der Waals surface area contributed by atoms with Gasteiger partial charge in [-0.2, -0.15) is 0 Å². The Kier molecular flexibility index (Phi) is 3.32. The second kappa shape index (κ2) is 4.91. The lowest BCUT2D eigenvalue weighted by atomic mass is 10.1. The zero-order valence-corrected chi connectivity index (χ0v) is 10.6. The molecule has 0 fully saturated rings. The van der Waals surface area contributed by atoms with Gasteiger partial charge in [0.15, 0.2) is 0 Å². The van der Waals surface area contributed by atoms with Crippen LogP contribution in [0, 0.1) is 6.92 Å². The van der Waals surface area contributed by atoms with E-state index in [1.54, 1.807) is 14.2 Å². The third-order valence-electron chi connectivity index (χ3n) is 2.74. The summed E-state index contributed by atoms with van der Waals surface area (Å²) in [6.45, 7) is 1.84. The average molecular weight is 245 g/mol. The first-order chi connectivity index (χ1) is 8.67. The standard InChI is InChI=1S/C13H15N3O2/c1-8-12(14)13(16-7-15-8)10-6-9(17-2)4-5-11(10)18-3/h4-7H,14H2,1-3H3. The fraction of sp³-hybridized carbons (Fsp3) is 0.231. The maximum absolute atomic E-state index is 6.01. The summed E-state index contributed by atoms with van der Waals surface area (Å²) >= 11 is 0. The highest BCUT2D eigenvalue weighted by molar-refractivity contribution is 5.78. The van der Waals surface area contributed by atoms with Gasteiger partial charge in [0.1, 0.15) is 23.5 Å². The Morgan fingerprint density at radius 1 is 1.11 bits per heavy atom. The van der Waals surface area contributed by atoms with Crippen LogP contribution in [0.1, 0.15) is 5.69 Å². The molecule has 0 saturated carbocycles. The normalized spacial score (nSPS) is 10.2. The number of ether oxygens (including phenoxy) is 2. The van der Waals surface area contributed by atoms with Crippen LogP contribution in [0.5, 0.6) is 11.5 Å². The molecule has 0 aliphatic carbocycles. The summed E-state index contributed by atoms with van der Waals surface area (Å²) in [6, 6.07) is 5.49. The van der Waals surface area contributed by atoms with Crippen LogP contribution in [0.3, 0.4) is 0 Å². The van der Waals surface area contributed by atoms with Crippen LogP contribution < -0.4 is 15.2 Å². The van der Waals surface area contributed by atoms with Gasteiger partial charge < -0.3 is 15.2 Å². The molecular weight excluding hydrogens is 230 g/mol. The van der Waals surface area contributed by atoms with Gasteiger partial charge in [-0.3, -0.25) is 0 Å². The van der Waals surface area contributed by atoms with E-state index >= 15 is 0 Å². The zero-order chi connectivity index (χ0) is 13.1. The van der Waals surface area contributed by atoms with Crippen LogP contribution in [0.2, 0.25) is 0 Å². The molecule has 18 heavy (non-hydrogen) atoms. The maximum atomic E-state index is 6.01. The summed E-state index contributed by atoms with van der Waals surface area (Å²) in [5.41, 5.74) is 8.74. The highest BCUT2D eigenvalue weighted by atomic mass is 16.5. The van der Waals surface area contributed by atoms with Gasteiger partial charge in [0.05, 0.1) is 25.6 Å². The highest BCUT2D eigenvalue weighted by Gasteiger charge is 2.13. The minimum Gasteiger partial charge on any atom is -0.497 e. The number of hydrogen-bond donors (Lipinski definition) is 1. The minimum absolute atomic E-state index is 0.545. The molecule has 0 spiro atoms. The predicted molar refractivity (Wildman–Crippen MR) is 69.7 cm³/mol. The van der Waals surface area contributed by atoms with Gasteiger partial charge in [-0.1, -0.05) is 0 Å². The van der Waals surface area contributed by atoms with E-state index in [0.29, 0.717) is 17.1 Å². The number of nitrogen functional groups attached to an aromatic ring is 1. The monoisotopic (exact) mass is 245 g/mol. The van der Waals surface area contributed by atoms with Crippen molar-refractivity contribution in [3.8, 4) is 22.8 Å². The van der Waals surface area contributed by atoms with Gasteiger partial charge >= 0.3 is 0 Å². The Bertz CT molecular complexity index is 570. The molecule has 5 nitrogen and oxygen atoms in total. The van der Waals surface area contributed by atoms with Crippen molar-refractivity contribution in [1.82, 2.24) is 9.97 Å². The summed E-state index contributed by atoms with van der Waals surface area (Å²) in [5.74, 6) is 1.42. The van der Waals surface area contributed by atoms with Crippen molar-refractivity contribution >= 4 is 5.69 Å². The molecule has 0 aliphatic rings. The number of methoxy groups -OCH3 is 2. The van der Waals surface area contributed by atoms with Gasteiger partial charge in [-0.15, -0.1) is 0 Å². The number of benzene rings is 1. The highest BCUT2D eigenvalue weighted by Crippen LogP contribution is 2.35. The smallest absolute Gasteiger partial charge is 0.128 e. The van der Waals surface area contributed by atoms with E-state index in [1.165, 1.54) is 6.33 Å². The Morgan fingerprint density at radius 2 is 1.89 bits per heavy atom. The van der Waals surface area contributed by atoms with E-state index in [4.69, 9.17) is 15.2 Å². The van der Waals surface area contributed by atoms with Crippen molar-refractivity contribution in [3.05, 3.63) is 30.2 Å². The lowest BCUT2D eigenvalue weighted by Gasteiger charge is -2.12. The van der Waals surface area contributed by atoms with E-state index in [9.17, 15) is 0 Å². The van der Waals surface area contributed by atoms with Gasteiger partial charge in [0.25, 0.3) is 0 Å². The van der Waals surface area contributed by atoms with Crippen molar-refractivity contribution in [2.24, 2.45) is 0 Å². The molecule has 1 aromatic carbocycles. The van der Waals surface area contributed by atoms with Crippen molar-refractivity contribution < 1.29 is 9.47 Å². The molecule has 2 aromatic rings. The van der Waals surface area contributed by atoms with Crippen LogP contribution in [0.4, 0.5) is 5.69 Å². The summed E-state index contributed by atoms with van der Waals surface area (Å²) in [5, 5.41) is 0. The van der Waals surface area contributed by atoms with E-state index < -0.39 is 0 Å². The van der Waals surface area contributed by atoms with Gasteiger partial charge in [-0.05, 0) is 25.1 Å². The van der Waals surface area contributed by atoms with Crippen LogP contribution >= 0.6 is 0 Å². The zero-order valence-electron chi connectivity index (χ0n) is 10.6. The third-order valence-corrected chi connectivity index (χ3v) is 2.74. The van der Waals surface area contributed by atoms with Gasteiger partial charge in [0.2, 0.25) is 0 Å². The SMILES string of the molecule is COc1ccc(OC)c(-c2ncnc(C)c2N)c1. The fourth-order valence-corrected chi connectivity index (χ4v) is 1.70. The second-order valence-corrected chi connectivity index (χ2v) is 3.79. The minimum atomic E-state index is 0.545. The van der Waals surface area contributed by atoms with E-state index in [-0.39, 0.29) is 0 Å². The quantitative estimate of drug-likeness (QED) is 0.896. The number of hydrogen-bond acceptors (Lipinski definition) is 5. The van der Waals surface area contributed by atoms with Crippen molar-refractivity contribution in [1.29, 1.82) is 0 Å². The second-order valence-electron chi connectivity index (χ2n) is 3.79. The van der Waals surface area contributed by atoms with Crippen LogP contribution in [0.15, 0.2) is 24.5 Å². The number of anilines is 1. The number of aryl methyl sites for hydroxylation is 1. The molecule has 0 radical (unpaired) electrons. The fourth-order valence-electron chi connectivity index (χ4n) is 1.70. The predicted octanol–water partition coefficient (Wildman–Crippen LogP) is 2.05. The molecular formula is C13H15N3O2. The summed E-state index contributed by atoms with van der Waals surface area (Å²) in [4.78, 5) is 8.28. The molecule has 1 heterocycles. The van der Waals surface area contributed by atoms with E-state index in [2.05, 4.69) is 9.97 Å². The van der Waals surface area contributed by atoms with Crippen molar-refractivity contribution in [2.45, 2.75) is 6.92 Å². The molecule has 0 amide bonds. The summed E-state index contributed by atoms with van der Waals surface area (Å²) in [7, 11) is 3.22. The molecule has 2 N–H and O–H groups in total. The molecule has 94 valence electrons. The number of rotatable bonds is 3. The molecule has 0 aliphatic heterocycles. The number of nitrogens with two attached hydrogens (primary N) is 1. The van der Waals surface area contributed by atoms with Crippen LogP contribution in [0.25, 0.3) is 11.3 Å². The molecule has 2 rings (SSSR count). The van der Waals surface area contributed by atoms with Crippen molar-refractivity contribution in [3.63, 3.8) is 0 Å². The Labute approximate surface area is 106 Å². The molecule has 0 saturated heterocycles. The Balaban J connectivity index is 2.64. The van der Waals surface area contributed by atoms with Gasteiger partial charge in [0, 0.05) is 5.56 Å². The Hall–Kier alpha value is -2.30. The van der Waals surface area contributed by atoms with Gasteiger partial charge in [-0.25, -0.2) is 9.97 Å². The van der Waals surface area contributed by atoms with Crippen LogP contribution in [-0.2, 0) is 0 Å². The summed E-state index contributed by atoms with van der Waals surface area (Å²) < 4.78 is 10.5. The maximum Gasteiger partial charge on any atom is 0.128 e. The molecule has 5 heteroatoms. The Morgan fingerprint density at radius 3 is 2.56 bits per heavy atom.